The summed E-state index contributed by atoms with van der Waals surface area (Å²) < 4.78 is 1.97. The van der Waals surface area contributed by atoms with Crippen LogP contribution in [0.25, 0.3) is 0 Å². The van der Waals surface area contributed by atoms with E-state index in [9.17, 15) is 9.59 Å². The van der Waals surface area contributed by atoms with Gasteiger partial charge in [0, 0.05) is 5.25 Å². The van der Waals surface area contributed by atoms with Gasteiger partial charge in [-0.05, 0) is 18.8 Å². The van der Waals surface area contributed by atoms with Gasteiger partial charge in [-0.1, -0.05) is 46.0 Å². The van der Waals surface area contributed by atoms with Crippen molar-refractivity contribution < 1.29 is 4.79 Å². The van der Waals surface area contributed by atoms with E-state index in [-0.39, 0.29) is 16.7 Å². The molecule has 0 radical (unpaired) electrons. The molecule has 2 N–H and O–H groups in total. The van der Waals surface area contributed by atoms with E-state index < -0.39 is 0 Å². The molecule has 0 aromatic carbocycles. The molecule has 0 saturated heterocycles. The maximum Gasteiger partial charge on any atom is 0.270 e. The van der Waals surface area contributed by atoms with Crippen molar-refractivity contribution in [3.05, 3.63) is 15.9 Å². The highest BCUT2D eigenvalue weighted by atomic mass is 32.2. The number of hydrogen-bond donors (Lipinski definition) is 2. The quantitative estimate of drug-likeness (QED) is 0.861. The summed E-state index contributed by atoms with van der Waals surface area (Å²) in [5, 5.41) is 6.11. The third-order valence-corrected chi connectivity index (χ3v) is 6.51. The summed E-state index contributed by atoms with van der Waals surface area (Å²) in [4.78, 5) is 24.7. The summed E-state index contributed by atoms with van der Waals surface area (Å²) in [6.45, 7) is 4.23. The van der Waals surface area contributed by atoms with Crippen molar-refractivity contribution in [2.75, 3.05) is 11.1 Å². The minimum absolute atomic E-state index is 0.00186. The van der Waals surface area contributed by atoms with Crippen molar-refractivity contribution in [2.24, 2.45) is 5.92 Å². The number of thioether (sulfide) groups is 1. The van der Waals surface area contributed by atoms with Crippen molar-refractivity contribution in [1.29, 1.82) is 0 Å². The van der Waals surface area contributed by atoms with E-state index in [1.54, 1.807) is 11.8 Å². The first-order valence-electron chi connectivity index (χ1n) is 8.83. The molecular weight excluding hydrogens is 310 g/mol. The fourth-order valence-corrected chi connectivity index (χ4v) is 4.94. The Labute approximate surface area is 141 Å². The first-order chi connectivity index (χ1) is 11.1. The molecule has 1 atom stereocenters. The molecule has 0 bridgehead atoms. The Morgan fingerprint density at radius 1 is 1.09 bits per heavy atom. The Morgan fingerprint density at radius 3 is 2.39 bits per heavy atom. The molecule has 1 amide bonds. The summed E-state index contributed by atoms with van der Waals surface area (Å²) in [6.07, 6.45) is 8.38. The van der Waals surface area contributed by atoms with Gasteiger partial charge in [0.15, 0.2) is 0 Å². The Kier molecular flexibility index (Phi) is 5.19. The maximum absolute atomic E-state index is 12.6. The number of carbonyl (C=O) groups is 1. The predicted molar refractivity (Wildman–Crippen MR) is 95.1 cm³/mol. The van der Waals surface area contributed by atoms with Gasteiger partial charge in [-0.15, -0.1) is 11.8 Å². The van der Waals surface area contributed by atoms with Crippen molar-refractivity contribution >= 4 is 23.5 Å². The van der Waals surface area contributed by atoms with Crippen LogP contribution in [-0.2, 0) is 4.79 Å². The second-order valence-electron chi connectivity index (χ2n) is 7.10. The molecule has 3 rings (SSSR count). The second kappa shape index (κ2) is 7.16. The van der Waals surface area contributed by atoms with Gasteiger partial charge >= 0.3 is 0 Å². The standard InChI is InChI=1S/C17H27N3O2S/c1-11(2)15-14-16(18-13(21)10-23-15)20(19-17(14)22)12-8-6-4-3-5-7-9-12/h11-12,15H,3-10H2,1-2H3,(H,18,21)(H,19,22). The molecule has 1 aromatic heterocycles. The molecular formula is C17H27N3O2S. The molecule has 128 valence electrons. The molecule has 5 nitrogen and oxygen atoms in total. The molecule has 1 aliphatic carbocycles. The topological polar surface area (TPSA) is 66.9 Å². The number of aromatic amines is 1. The summed E-state index contributed by atoms with van der Waals surface area (Å²) in [5.74, 6) is 1.47. The number of nitrogens with zero attached hydrogens (tertiary/aromatic N) is 1. The maximum atomic E-state index is 12.6. The van der Waals surface area contributed by atoms with Crippen LogP contribution >= 0.6 is 11.8 Å². The number of H-pyrrole nitrogens is 1. The van der Waals surface area contributed by atoms with Crippen LogP contribution in [-0.4, -0.2) is 21.4 Å². The van der Waals surface area contributed by atoms with Gasteiger partial charge in [0.2, 0.25) is 5.91 Å². The molecule has 2 heterocycles. The lowest BCUT2D eigenvalue weighted by atomic mass is 9.96. The van der Waals surface area contributed by atoms with E-state index in [2.05, 4.69) is 24.3 Å². The van der Waals surface area contributed by atoms with Crippen LogP contribution in [0.1, 0.15) is 75.6 Å². The second-order valence-corrected chi connectivity index (χ2v) is 8.23. The van der Waals surface area contributed by atoms with Crippen LogP contribution in [0.3, 0.4) is 0 Å². The summed E-state index contributed by atoms with van der Waals surface area (Å²) >= 11 is 1.58. The highest BCUT2D eigenvalue weighted by Gasteiger charge is 2.32. The minimum Gasteiger partial charge on any atom is -0.310 e. The van der Waals surface area contributed by atoms with Crippen LogP contribution in [0.15, 0.2) is 4.79 Å². The van der Waals surface area contributed by atoms with Crippen molar-refractivity contribution in [2.45, 2.75) is 70.1 Å². The number of anilines is 1. The van der Waals surface area contributed by atoms with E-state index in [1.165, 1.54) is 32.1 Å². The Balaban J connectivity index is 2.00. The van der Waals surface area contributed by atoms with Crippen LogP contribution in [0, 0.1) is 5.92 Å². The zero-order valence-electron chi connectivity index (χ0n) is 14.1. The molecule has 2 aliphatic rings. The Morgan fingerprint density at radius 2 is 1.74 bits per heavy atom. The van der Waals surface area contributed by atoms with E-state index >= 15 is 0 Å². The molecule has 1 unspecified atom stereocenters. The Bertz CT molecular complexity index is 612. The lowest BCUT2D eigenvalue weighted by Gasteiger charge is -2.23. The third kappa shape index (κ3) is 3.52. The zero-order valence-corrected chi connectivity index (χ0v) is 14.9. The van der Waals surface area contributed by atoms with E-state index in [0.29, 0.717) is 17.7 Å². The summed E-state index contributed by atoms with van der Waals surface area (Å²) in [6, 6.07) is 0.294. The summed E-state index contributed by atoms with van der Waals surface area (Å²) in [5.41, 5.74) is 0.730. The van der Waals surface area contributed by atoms with Gasteiger partial charge in [0.1, 0.15) is 5.82 Å². The van der Waals surface area contributed by atoms with Gasteiger partial charge in [0.25, 0.3) is 5.56 Å². The van der Waals surface area contributed by atoms with E-state index in [1.807, 2.05) is 4.68 Å². The third-order valence-electron chi connectivity index (χ3n) is 4.94. The average Bonchev–Trinajstić information content (AvgIpc) is 2.66. The predicted octanol–water partition coefficient (Wildman–Crippen LogP) is 3.84. The Hall–Kier alpha value is -1.17. The lowest BCUT2D eigenvalue weighted by Crippen LogP contribution is -2.20. The average molecular weight is 337 g/mol. The number of rotatable bonds is 2. The van der Waals surface area contributed by atoms with Crippen LogP contribution in [0.4, 0.5) is 5.82 Å². The minimum atomic E-state index is -0.0320. The number of aromatic nitrogens is 2. The van der Waals surface area contributed by atoms with Gasteiger partial charge in [-0.25, -0.2) is 0 Å². The molecule has 1 aliphatic heterocycles. The first kappa shape index (κ1) is 16.7. The normalized spacial score (nSPS) is 23.8. The van der Waals surface area contributed by atoms with Crippen molar-refractivity contribution in [3.63, 3.8) is 0 Å². The highest BCUT2D eigenvalue weighted by molar-refractivity contribution is 8.00. The number of nitrogens with one attached hydrogen (secondary N) is 2. The smallest absolute Gasteiger partial charge is 0.270 e. The van der Waals surface area contributed by atoms with Gasteiger partial charge in [-0.2, -0.15) is 0 Å². The van der Waals surface area contributed by atoms with E-state index in [0.717, 1.165) is 24.2 Å². The van der Waals surface area contributed by atoms with E-state index in [4.69, 9.17) is 0 Å². The SMILES string of the molecule is CC(C)C1SCC(=O)Nc2c1c(=O)[nH]n2C1CCCCCCC1. The molecule has 1 saturated carbocycles. The number of carbonyl (C=O) groups excluding carboxylic acids is 1. The molecule has 0 spiro atoms. The lowest BCUT2D eigenvalue weighted by molar-refractivity contribution is -0.113. The summed E-state index contributed by atoms with van der Waals surface area (Å²) in [7, 11) is 0. The van der Waals surface area contributed by atoms with Crippen molar-refractivity contribution in [3.8, 4) is 0 Å². The highest BCUT2D eigenvalue weighted by Crippen LogP contribution is 2.41. The van der Waals surface area contributed by atoms with Gasteiger partial charge in [-0.3, -0.25) is 19.4 Å². The molecule has 1 aromatic rings. The fourth-order valence-electron chi connectivity index (χ4n) is 3.76. The molecule has 23 heavy (non-hydrogen) atoms. The van der Waals surface area contributed by atoms with Gasteiger partial charge < -0.3 is 5.32 Å². The van der Waals surface area contributed by atoms with Crippen molar-refractivity contribution in [1.82, 2.24) is 9.78 Å². The largest absolute Gasteiger partial charge is 0.310 e. The number of fused-ring (bicyclic) bond motifs is 1. The monoisotopic (exact) mass is 337 g/mol. The molecule has 1 fully saturated rings. The van der Waals surface area contributed by atoms with Crippen LogP contribution in [0.5, 0.6) is 0 Å². The van der Waals surface area contributed by atoms with Crippen LogP contribution < -0.4 is 10.9 Å². The van der Waals surface area contributed by atoms with Gasteiger partial charge in [0.05, 0.1) is 17.4 Å². The number of hydrogen-bond acceptors (Lipinski definition) is 3. The zero-order chi connectivity index (χ0) is 16.4. The molecule has 6 heteroatoms. The first-order valence-corrected chi connectivity index (χ1v) is 9.88. The number of amides is 1. The van der Waals surface area contributed by atoms with Crippen LogP contribution in [0.2, 0.25) is 0 Å². The fraction of sp³-hybridized carbons (Fsp3) is 0.765.